The van der Waals surface area contributed by atoms with Crippen LogP contribution in [-0.2, 0) is 0 Å². The summed E-state index contributed by atoms with van der Waals surface area (Å²) in [6.07, 6.45) is 1.92. The Morgan fingerprint density at radius 3 is 1.04 bits per heavy atom. The van der Waals surface area contributed by atoms with Gasteiger partial charge in [0.2, 0.25) is 11.9 Å². The van der Waals surface area contributed by atoms with E-state index in [-0.39, 0.29) is 0 Å². The Hall–Kier alpha value is -18.8. The fraction of sp³-hybridized carbons (Fsp3) is 0. The SMILES string of the molecule is c1ccc(-c2ccc(-c3ccc(-c4ccnc(-n5c6cccc7ccc8cc(-c9cc%10ccc%11cccc%12c%11c%10c(c9)n%12-c9ccccc9)cc5c8c76)n4)c(-c4ccc(-c5ccccc5)cc4)c3)cc2)cc1.c1ccc(-c2nc(-c3ccccc3)nc(-n3c4cccc5ccc6c(-c7ccc8c9c7ccc7cccc(c79)n8-c7ccc8c(c7)c7ccccc7n8-c7ccccc7)ccc3c6c54)n2)cc1. The second kappa shape index (κ2) is 30.9. The number of benzene rings is 23. The summed E-state index contributed by atoms with van der Waals surface area (Å²) in [5.41, 5.74) is 32.7. The first-order chi connectivity index (χ1) is 68.9. The fourth-order valence-electron chi connectivity index (χ4n) is 22.7. The summed E-state index contributed by atoms with van der Waals surface area (Å²) in [6.45, 7) is 0. The van der Waals surface area contributed by atoms with Gasteiger partial charge in [-0.05, 0) is 231 Å². The maximum atomic E-state index is 5.53. The van der Waals surface area contributed by atoms with Crippen LogP contribution in [0.5, 0.6) is 0 Å². The van der Waals surface area contributed by atoms with Crippen LogP contribution in [0.15, 0.2) is 473 Å². The molecule has 0 aliphatic heterocycles. The van der Waals surface area contributed by atoms with E-state index >= 15 is 0 Å². The van der Waals surface area contributed by atoms with Gasteiger partial charge in [-0.3, -0.25) is 9.13 Å². The topological polar surface area (TPSA) is 89.1 Å². The second-order valence-electron chi connectivity index (χ2n) is 36.5. The van der Waals surface area contributed by atoms with Crippen molar-refractivity contribution in [1.29, 1.82) is 0 Å². The van der Waals surface area contributed by atoms with E-state index in [2.05, 4.69) is 454 Å². The van der Waals surface area contributed by atoms with Gasteiger partial charge in [-0.25, -0.2) is 15.0 Å². The first-order valence-electron chi connectivity index (χ1n) is 47.4. The molecule has 0 aliphatic carbocycles. The highest BCUT2D eigenvalue weighted by Crippen LogP contribution is 2.51. The number of fused-ring (bicyclic) bond motifs is 3. The molecule has 30 aromatic rings. The van der Waals surface area contributed by atoms with Gasteiger partial charge in [0, 0.05) is 93.8 Å². The predicted molar refractivity (Wildman–Crippen MR) is 577 cm³/mol. The van der Waals surface area contributed by atoms with E-state index in [0.717, 1.165) is 94.9 Å². The van der Waals surface area contributed by atoms with Crippen LogP contribution < -0.4 is 0 Å². The molecule has 0 bridgehead atoms. The lowest BCUT2D eigenvalue weighted by Gasteiger charge is -2.15. The predicted octanol–water partition coefficient (Wildman–Crippen LogP) is 33.2. The van der Waals surface area contributed by atoms with Crippen molar-refractivity contribution in [2.24, 2.45) is 0 Å². The Morgan fingerprint density at radius 2 is 0.511 bits per heavy atom. The first-order valence-corrected chi connectivity index (χ1v) is 47.4. The van der Waals surface area contributed by atoms with Gasteiger partial charge < -0.3 is 13.7 Å². The number of hydrogen-bond donors (Lipinski definition) is 0. The Balaban J connectivity index is 0.000000134. The van der Waals surface area contributed by atoms with Gasteiger partial charge in [0.25, 0.3) is 0 Å². The minimum absolute atomic E-state index is 0.591. The van der Waals surface area contributed by atoms with Crippen molar-refractivity contribution in [1.82, 2.24) is 47.8 Å². The highest BCUT2D eigenvalue weighted by atomic mass is 15.2. The quantitative estimate of drug-likeness (QED) is 0.101. The van der Waals surface area contributed by atoms with Crippen LogP contribution in [0.1, 0.15) is 0 Å². The summed E-state index contributed by atoms with van der Waals surface area (Å²) >= 11 is 0. The number of hydrogen-bond acceptors (Lipinski definition) is 5. The average Bonchev–Trinajstić information content (AvgIpc) is 1.55. The van der Waals surface area contributed by atoms with Crippen molar-refractivity contribution in [3.8, 4) is 130 Å². The molecule has 7 aromatic heterocycles. The van der Waals surface area contributed by atoms with E-state index in [1.54, 1.807) is 0 Å². The molecule has 139 heavy (non-hydrogen) atoms. The van der Waals surface area contributed by atoms with Crippen molar-refractivity contribution in [3.05, 3.63) is 473 Å². The molecule has 0 N–H and O–H groups in total. The van der Waals surface area contributed by atoms with Gasteiger partial charge in [0.1, 0.15) is 0 Å². The molecule has 644 valence electrons. The van der Waals surface area contributed by atoms with E-state index in [0.29, 0.717) is 23.5 Å². The molecule has 0 unspecified atom stereocenters. The summed E-state index contributed by atoms with van der Waals surface area (Å²) in [5.74, 6) is 2.49. The number of rotatable bonds is 14. The summed E-state index contributed by atoms with van der Waals surface area (Å²) < 4.78 is 11.8. The van der Waals surface area contributed by atoms with Crippen LogP contribution >= 0.6 is 0 Å². The number of para-hydroxylation sites is 3. The Kier molecular flexibility index (Phi) is 17.3. The van der Waals surface area contributed by atoms with E-state index in [9.17, 15) is 0 Å². The minimum atomic E-state index is 0.591. The third kappa shape index (κ3) is 12.2. The zero-order valence-corrected chi connectivity index (χ0v) is 75.0. The molecule has 0 saturated heterocycles. The molecule has 10 nitrogen and oxygen atoms in total. The third-order valence-electron chi connectivity index (χ3n) is 28.9. The second-order valence-corrected chi connectivity index (χ2v) is 36.5. The molecule has 10 heteroatoms. The van der Waals surface area contributed by atoms with Gasteiger partial charge >= 0.3 is 0 Å². The molecule has 0 spiro atoms. The van der Waals surface area contributed by atoms with E-state index in [1.807, 2.05) is 42.6 Å². The van der Waals surface area contributed by atoms with Crippen molar-refractivity contribution in [2.45, 2.75) is 0 Å². The van der Waals surface area contributed by atoms with Gasteiger partial charge in [-0.1, -0.05) is 346 Å². The highest BCUT2D eigenvalue weighted by Gasteiger charge is 2.29. The molecule has 0 saturated carbocycles. The normalized spacial score (nSPS) is 12.0. The van der Waals surface area contributed by atoms with E-state index < -0.39 is 0 Å². The van der Waals surface area contributed by atoms with Crippen LogP contribution in [0, 0.1) is 0 Å². The summed E-state index contributed by atoms with van der Waals surface area (Å²) in [6, 6.07) is 169. The monoisotopic (exact) mass is 1770 g/mol. The maximum Gasteiger partial charge on any atom is 0.238 e. The minimum Gasteiger partial charge on any atom is -0.309 e. The van der Waals surface area contributed by atoms with Crippen LogP contribution in [0.4, 0.5) is 0 Å². The molecule has 7 heterocycles. The lowest BCUT2D eigenvalue weighted by Crippen LogP contribution is -2.06. The van der Waals surface area contributed by atoms with E-state index in [4.69, 9.17) is 24.9 Å². The molecule has 23 aromatic carbocycles. The molecule has 0 atom stereocenters. The molecule has 30 rings (SSSR count). The van der Waals surface area contributed by atoms with Gasteiger partial charge in [-0.2, -0.15) is 9.97 Å². The van der Waals surface area contributed by atoms with Gasteiger partial charge in [0.05, 0.1) is 60.9 Å². The van der Waals surface area contributed by atoms with Crippen LogP contribution in [0.25, 0.3) is 282 Å². The number of nitrogens with zero attached hydrogens (tertiary/aromatic N) is 10. The van der Waals surface area contributed by atoms with Crippen LogP contribution in [0.3, 0.4) is 0 Å². The molecular weight excluding hydrogens is 1690 g/mol. The highest BCUT2D eigenvalue weighted by molar-refractivity contribution is 6.32. The Labute approximate surface area is 797 Å². The van der Waals surface area contributed by atoms with Crippen molar-refractivity contribution >= 4 is 152 Å². The van der Waals surface area contributed by atoms with Crippen molar-refractivity contribution in [3.63, 3.8) is 0 Å². The fourth-order valence-corrected chi connectivity index (χ4v) is 22.7. The first kappa shape index (κ1) is 77.8. The largest absolute Gasteiger partial charge is 0.309 e. The molecular formula is C129H78N10. The lowest BCUT2D eigenvalue weighted by molar-refractivity contribution is 0.954. The van der Waals surface area contributed by atoms with Crippen LogP contribution in [0.2, 0.25) is 0 Å². The summed E-state index contributed by atoms with van der Waals surface area (Å²) in [5, 5.41) is 22.2. The van der Waals surface area contributed by atoms with Gasteiger partial charge in [-0.15, -0.1) is 0 Å². The van der Waals surface area contributed by atoms with Gasteiger partial charge in [0.15, 0.2) is 11.6 Å². The molecule has 0 fully saturated rings. The zero-order chi connectivity index (χ0) is 91.0. The maximum absolute atomic E-state index is 5.53. The standard InChI is InChI=1S/C68H42N4.C61H36N6/c1-4-12-43(13-5-1)45-22-24-47(25-23-45)51-34-35-57(58(40-51)48-28-26-46(27-29-48)44-14-6-2-7-15-44)59-36-37-69-68(70-59)72-61-21-11-17-50-31-33-53-39-55(42-63(72)67(53)65(50)61)54-38-52-32-30-49-16-10-20-60-64(49)66(52)62(41-54)71(60)56-18-8-3-9-19-56;1-4-14-39(15-5-1)59-62-60(40-16-6-2-7-17-40)64-61(63-59)67-52-25-13-19-38-27-30-47-44(32-35-54(67)58(47)56(38)52)43-31-34-53-57-46(43)29-26-37-18-12-24-51(55(37)57)66(53)42-28-33-50-48(36-42)45-22-10-11-23-49(45)65(50)41-20-8-3-9-21-41/h1-42H;1-36H. The van der Waals surface area contributed by atoms with Crippen LogP contribution in [-0.4, -0.2) is 47.8 Å². The average molecular weight is 1770 g/mol. The smallest absolute Gasteiger partial charge is 0.238 e. The third-order valence-corrected chi connectivity index (χ3v) is 28.9. The number of aromatic nitrogens is 10. The molecule has 0 aliphatic rings. The van der Waals surface area contributed by atoms with E-state index in [1.165, 1.54) is 163 Å². The summed E-state index contributed by atoms with van der Waals surface area (Å²) in [7, 11) is 0. The lowest BCUT2D eigenvalue weighted by atomic mass is 9.90. The van der Waals surface area contributed by atoms with Crippen molar-refractivity contribution < 1.29 is 0 Å². The van der Waals surface area contributed by atoms with Crippen molar-refractivity contribution in [2.75, 3.05) is 0 Å². The Bertz CT molecular complexity index is 10000. The Morgan fingerprint density at radius 1 is 0.151 bits per heavy atom. The molecule has 0 radical (unpaired) electrons. The zero-order valence-electron chi connectivity index (χ0n) is 75.0. The molecule has 0 amide bonds. The summed E-state index contributed by atoms with van der Waals surface area (Å²) in [4.78, 5) is 26.1.